The lowest BCUT2D eigenvalue weighted by molar-refractivity contribution is 0.0800. The minimum absolute atomic E-state index is 0.0745. The summed E-state index contributed by atoms with van der Waals surface area (Å²) < 4.78 is 18.7. The molecule has 1 aromatic rings. The highest BCUT2D eigenvalue weighted by Gasteiger charge is 2.40. The smallest absolute Gasteiger partial charge is 0.315 e. The highest BCUT2D eigenvalue weighted by molar-refractivity contribution is 6.30. The van der Waals surface area contributed by atoms with Gasteiger partial charge >= 0.3 is 6.03 Å². The van der Waals surface area contributed by atoms with Crippen LogP contribution in [-0.2, 0) is 4.74 Å². The van der Waals surface area contributed by atoms with Gasteiger partial charge in [-0.25, -0.2) is 9.18 Å². The first-order chi connectivity index (χ1) is 10.1. The summed E-state index contributed by atoms with van der Waals surface area (Å²) in [5.74, 6) is -0.233. The molecule has 0 bridgehead atoms. The number of halogens is 2. The van der Waals surface area contributed by atoms with Crippen LogP contribution in [0.3, 0.4) is 0 Å². The summed E-state index contributed by atoms with van der Waals surface area (Å²) in [4.78, 5) is 11.9. The largest absolute Gasteiger partial charge is 0.381 e. The fraction of sp³-hybridized carbons (Fsp3) is 0.533. The van der Waals surface area contributed by atoms with Crippen molar-refractivity contribution in [2.75, 3.05) is 13.2 Å². The number of carbonyl (C=O) groups is 1. The van der Waals surface area contributed by atoms with E-state index in [0.717, 1.165) is 24.8 Å². The molecule has 2 fully saturated rings. The van der Waals surface area contributed by atoms with E-state index in [9.17, 15) is 9.18 Å². The average molecular weight is 313 g/mol. The molecule has 1 saturated heterocycles. The number of urea groups is 1. The van der Waals surface area contributed by atoms with Crippen molar-refractivity contribution in [2.45, 2.75) is 37.3 Å². The van der Waals surface area contributed by atoms with Crippen molar-refractivity contribution in [1.29, 1.82) is 0 Å². The summed E-state index contributed by atoms with van der Waals surface area (Å²) in [5.41, 5.74) is 0.883. The van der Waals surface area contributed by atoms with Gasteiger partial charge in [0.2, 0.25) is 0 Å². The molecule has 6 heteroatoms. The van der Waals surface area contributed by atoms with Gasteiger partial charge in [0.15, 0.2) is 0 Å². The third-order valence-corrected chi connectivity index (χ3v) is 4.34. The van der Waals surface area contributed by atoms with E-state index in [1.165, 1.54) is 6.07 Å². The third-order valence-electron chi connectivity index (χ3n) is 4.04. The van der Waals surface area contributed by atoms with E-state index in [1.54, 1.807) is 6.07 Å². The lowest BCUT2D eigenvalue weighted by Gasteiger charge is -2.23. The molecule has 21 heavy (non-hydrogen) atoms. The highest BCUT2D eigenvalue weighted by Crippen LogP contribution is 2.41. The van der Waals surface area contributed by atoms with Crippen molar-refractivity contribution in [3.05, 3.63) is 34.6 Å². The maximum absolute atomic E-state index is 13.4. The van der Waals surface area contributed by atoms with Gasteiger partial charge in [0.25, 0.3) is 0 Å². The maximum Gasteiger partial charge on any atom is 0.315 e. The molecular formula is C15H18ClFN2O2. The second-order valence-electron chi connectivity index (χ2n) is 5.63. The molecule has 0 spiro atoms. The zero-order valence-corrected chi connectivity index (χ0v) is 12.3. The number of ether oxygens (including phenoxy) is 1. The molecular weight excluding hydrogens is 295 g/mol. The Morgan fingerprint density at radius 2 is 2.05 bits per heavy atom. The van der Waals surface area contributed by atoms with Crippen molar-refractivity contribution < 1.29 is 13.9 Å². The van der Waals surface area contributed by atoms with Gasteiger partial charge in [0.1, 0.15) is 5.82 Å². The maximum atomic E-state index is 13.4. The van der Waals surface area contributed by atoms with Gasteiger partial charge in [-0.3, -0.25) is 0 Å². The van der Waals surface area contributed by atoms with Crippen molar-refractivity contribution >= 4 is 17.6 Å². The Morgan fingerprint density at radius 1 is 1.29 bits per heavy atom. The van der Waals surface area contributed by atoms with Crippen LogP contribution in [0.4, 0.5) is 9.18 Å². The lowest BCUT2D eigenvalue weighted by Crippen LogP contribution is -2.45. The molecule has 1 aliphatic carbocycles. The van der Waals surface area contributed by atoms with Crippen molar-refractivity contribution in [3.63, 3.8) is 0 Å². The molecule has 0 aromatic heterocycles. The predicted molar refractivity (Wildman–Crippen MR) is 78.1 cm³/mol. The fourth-order valence-electron chi connectivity index (χ4n) is 2.70. The van der Waals surface area contributed by atoms with E-state index in [0.29, 0.717) is 13.2 Å². The summed E-state index contributed by atoms with van der Waals surface area (Å²) >= 11 is 5.67. The molecule has 1 aromatic carbocycles. The fourth-order valence-corrected chi connectivity index (χ4v) is 2.82. The topological polar surface area (TPSA) is 50.4 Å². The number of carbonyl (C=O) groups excluding carboxylic acids is 1. The van der Waals surface area contributed by atoms with Crippen molar-refractivity contribution in [3.8, 4) is 0 Å². The number of amides is 2. The minimum Gasteiger partial charge on any atom is -0.381 e. The number of nitrogens with one attached hydrogen (secondary N) is 2. The summed E-state index contributed by atoms with van der Waals surface area (Å²) in [5, 5.41) is 6.02. The molecule has 2 atom stereocenters. The summed E-state index contributed by atoms with van der Waals surface area (Å²) in [6, 6.07) is 4.93. The molecule has 2 amide bonds. The van der Waals surface area contributed by atoms with Crippen LogP contribution in [-0.4, -0.2) is 31.3 Å². The molecule has 4 nitrogen and oxygen atoms in total. The minimum atomic E-state index is -0.411. The zero-order chi connectivity index (χ0) is 14.8. The van der Waals surface area contributed by atoms with E-state index in [4.69, 9.17) is 16.3 Å². The molecule has 2 N–H and O–H groups in total. The van der Waals surface area contributed by atoms with Crippen LogP contribution in [0.25, 0.3) is 0 Å². The molecule has 0 unspecified atom stereocenters. The summed E-state index contributed by atoms with van der Waals surface area (Å²) in [7, 11) is 0. The van der Waals surface area contributed by atoms with E-state index < -0.39 is 5.82 Å². The first-order valence-electron chi connectivity index (χ1n) is 7.23. The van der Waals surface area contributed by atoms with Gasteiger partial charge in [-0.15, -0.1) is 0 Å². The average Bonchev–Trinajstić information content (AvgIpc) is 3.22. The first kappa shape index (κ1) is 14.6. The van der Waals surface area contributed by atoms with Gasteiger partial charge in [-0.05, 0) is 37.0 Å². The van der Waals surface area contributed by atoms with E-state index in [-0.39, 0.29) is 29.1 Å². The predicted octanol–water partition coefficient (Wildman–Crippen LogP) is 2.81. The number of hydrogen-bond acceptors (Lipinski definition) is 2. The van der Waals surface area contributed by atoms with Crippen LogP contribution in [0.2, 0.25) is 5.02 Å². The van der Waals surface area contributed by atoms with Crippen molar-refractivity contribution in [1.82, 2.24) is 10.6 Å². The number of rotatable bonds is 3. The zero-order valence-electron chi connectivity index (χ0n) is 11.6. The van der Waals surface area contributed by atoms with Crippen LogP contribution in [0.15, 0.2) is 18.2 Å². The van der Waals surface area contributed by atoms with Crippen LogP contribution >= 0.6 is 11.6 Å². The second kappa shape index (κ2) is 6.20. The molecule has 1 heterocycles. The molecule has 0 radical (unpaired) electrons. The van der Waals surface area contributed by atoms with Gasteiger partial charge in [-0.1, -0.05) is 17.7 Å². The van der Waals surface area contributed by atoms with E-state index in [1.807, 2.05) is 6.07 Å². The Bertz CT molecular complexity index is 534. The molecule has 1 aliphatic heterocycles. The lowest BCUT2D eigenvalue weighted by atomic mass is 10.1. The summed E-state index contributed by atoms with van der Waals surface area (Å²) in [6.45, 7) is 1.39. The Kier molecular flexibility index (Phi) is 4.31. The quantitative estimate of drug-likeness (QED) is 0.901. The number of benzene rings is 1. The number of hydrogen-bond donors (Lipinski definition) is 2. The van der Waals surface area contributed by atoms with Crippen LogP contribution < -0.4 is 10.6 Å². The normalized spacial score (nSPS) is 25.4. The van der Waals surface area contributed by atoms with Crippen molar-refractivity contribution in [2.24, 2.45) is 0 Å². The molecule has 114 valence electrons. The monoisotopic (exact) mass is 312 g/mol. The Labute approximate surface area is 128 Å². The third kappa shape index (κ3) is 3.66. The van der Waals surface area contributed by atoms with Crippen LogP contribution in [0, 0.1) is 5.82 Å². The van der Waals surface area contributed by atoms with E-state index >= 15 is 0 Å². The molecule has 1 saturated carbocycles. The Balaban J connectivity index is 1.48. The summed E-state index contributed by atoms with van der Waals surface area (Å²) in [6.07, 6.45) is 2.54. The Hall–Kier alpha value is -1.33. The van der Waals surface area contributed by atoms with Gasteiger partial charge in [-0.2, -0.15) is 0 Å². The standard InChI is InChI=1S/C15H18ClFN2O2/c16-12-2-1-9(7-13(12)17)11-8-14(11)19-15(20)18-10-3-5-21-6-4-10/h1-2,7,10-11,14H,3-6,8H2,(H2,18,19,20)/t11-,14+/m0/s1. The van der Waals surface area contributed by atoms with Gasteiger partial charge < -0.3 is 15.4 Å². The molecule has 2 aliphatic rings. The van der Waals surface area contributed by atoms with E-state index in [2.05, 4.69) is 10.6 Å². The molecule has 3 rings (SSSR count). The van der Waals surface area contributed by atoms with Gasteiger partial charge in [0, 0.05) is 31.2 Å². The first-order valence-corrected chi connectivity index (χ1v) is 7.61. The van der Waals surface area contributed by atoms with Crippen LogP contribution in [0.1, 0.15) is 30.7 Å². The Morgan fingerprint density at radius 3 is 2.76 bits per heavy atom. The van der Waals surface area contributed by atoms with Crippen LogP contribution in [0.5, 0.6) is 0 Å². The van der Waals surface area contributed by atoms with Gasteiger partial charge in [0.05, 0.1) is 5.02 Å². The second-order valence-corrected chi connectivity index (χ2v) is 6.03. The highest BCUT2D eigenvalue weighted by atomic mass is 35.5. The SMILES string of the molecule is O=C(NC1CCOCC1)N[C@@H]1C[C@H]1c1ccc(Cl)c(F)c1.